The third-order valence-electron chi connectivity index (χ3n) is 3.59. The number of hydrogen-bond donors (Lipinski definition) is 1. The van der Waals surface area contributed by atoms with E-state index in [1.54, 1.807) is 0 Å². The summed E-state index contributed by atoms with van der Waals surface area (Å²) in [6, 6.07) is 8.31. The minimum absolute atomic E-state index is 0.237. The van der Waals surface area contributed by atoms with E-state index in [4.69, 9.17) is 4.74 Å². The Labute approximate surface area is 117 Å². The van der Waals surface area contributed by atoms with Gasteiger partial charge in [-0.1, -0.05) is 28.1 Å². The van der Waals surface area contributed by atoms with E-state index in [0.717, 1.165) is 30.2 Å². The first-order valence-corrected chi connectivity index (χ1v) is 7.47. The molecule has 1 aromatic carbocycles. The van der Waals surface area contributed by atoms with Crippen molar-refractivity contribution >= 4 is 15.9 Å². The zero-order valence-electron chi connectivity index (χ0n) is 10.8. The second-order valence-electron chi connectivity index (χ2n) is 5.26. The van der Waals surface area contributed by atoms with E-state index in [-0.39, 0.29) is 6.61 Å². The molecule has 100 valence electrons. The molecule has 1 aliphatic rings. The van der Waals surface area contributed by atoms with Crippen molar-refractivity contribution in [2.75, 3.05) is 6.61 Å². The number of ether oxygens (including phenoxy) is 1. The molecule has 1 N–H and O–H groups in total. The molecular formula is C15H21BrO2. The van der Waals surface area contributed by atoms with Crippen LogP contribution in [0.4, 0.5) is 0 Å². The Morgan fingerprint density at radius 3 is 2.89 bits per heavy atom. The Morgan fingerprint density at radius 1 is 1.44 bits per heavy atom. The molecule has 3 heteroatoms. The van der Waals surface area contributed by atoms with Gasteiger partial charge in [0, 0.05) is 11.1 Å². The third kappa shape index (κ3) is 4.08. The van der Waals surface area contributed by atoms with Crippen molar-refractivity contribution in [3.63, 3.8) is 0 Å². The highest BCUT2D eigenvalue weighted by atomic mass is 79.9. The van der Waals surface area contributed by atoms with Crippen LogP contribution in [0.25, 0.3) is 0 Å². The molecule has 0 bridgehead atoms. The topological polar surface area (TPSA) is 29.5 Å². The van der Waals surface area contributed by atoms with Gasteiger partial charge in [-0.2, -0.15) is 0 Å². The van der Waals surface area contributed by atoms with Crippen molar-refractivity contribution in [1.29, 1.82) is 0 Å². The number of aliphatic hydroxyl groups is 1. The van der Waals surface area contributed by atoms with E-state index in [9.17, 15) is 5.11 Å². The first-order chi connectivity index (χ1) is 8.67. The highest BCUT2D eigenvalue weighted by Gasteiger charge is 2.24. The van der Waals surface area contributed by atoms with Crippen molar-refractivity contribution in [1.82, 2.24) is 0 Å². The molecule has 0 aliphatic carbocycles. The van der Waals surface area contributed by atoms with E-state index < -0.39 is 0 Å². The van der Waals surface area contributed by atoms with Crippen molar-refractivity contribution in [3.05, 3.63) is 34.3 Å². The minimum atomic E-state index is 0.237. The van der Waals surface area contributed by atoms with E-state index in [0.29, 0.717) is 18.1 Å². The third-order valence-corrected chi connectivity index (χ3v) is 4.08. The normalized spacial score (nSPS) is 25.3. The van der Waals surface area contributed by atoms with Crippen molar-refractivity contribution in [3.8, 4) is 0 Å². The number of aliphatic hydroxyl groups excluding tert-OH is 1. The van der Waals surface area contributed by atoms with Crippen LogP contribution in [0, 0.1) is 5.92 Å². The van der Waals surface area contributed by atoms with E-state index in [1.165, 1.54) is 5.56 Å². The van der Waals surface area contributed by atoms with Gasteiger partial charge in [-0.3, -0.25) is 0 Å². The molecule has 18 heavy (non-hydrogen) atoms. The molecule has 3 unspecified atom stereocenters. The predicted octanol–water partition coefficient (Wildman–Crippen LogP) is 3.56. The Bertz CT molecular complexity index is 381. The van der Waals surface area contributed by atoms with Crippen molar-refractivity contribution < 1.29 is 9.84 Å². The SMILES string of the molecule is CC1CCC(CC(CO)Cc2cccc(Br)c2)O1. The summed E-state index contributed by atoms with van der Waals surface area (Å²) in [5, 5.41) is 9.52. The second kappa shape index (κ2) is 6.69. The van der Waals surface area contributed by atoms with Gasteiger partial charge in [-0.15, -0.1) is 0 Å². The lowest BCUT2D eigenvalue weighted by atomic mass is 9.93. The van der Waals surface area contributed by atoms with Crippen LogP contribution in [0.15, 0.2) is 28.7 Å². The monoisotopic (exact) mass is 312 g/mol. The van der Waals surface area contributed by atoms with Gasteiger partial charge < -0.3 is 9.84 Å². The van der Waals surface area contributed by atoms with E-state index >= 15 is 0 Å². The molecular weight excluding hydrogens is 292 g/mol. The number of rotatable bonds is 5. The molecule has 0 radical (unpaired) electrons. The molecule has 1 aromatic rings. The van der Waals surface area contributed by atoms with Gasteiger partial charge in [0.25, 0.3) is 0 Å². The molecule has 1 heterocycles. The fourth-order valence-electron chi connectivity index (χ4n) is 2.65. The Morgan fingerprint density at radius 2 is 2.28 bits per heavy atom. The first-order valence-electron chi connectivity index (χ1n) is 6.68. The Hall–Kier alpha value is -0.380. The van der Waals surface area contributed by atoms with Crippen molar-refractivity contribution in [2.24, 2.45) is 5.92 Å². The minimum Gasteiger partial charge on any atom is -0.396 e. The lowest BCUT2D eigenvalue weighted by Crippen LogP contribution is -2.19. The first kappa shape index (κ1) is 14.0. The molecule has 2 nitrogen and oxygen atoms in total. The zero-order chi connectivity index (χ0) is 13.0. The van der Waals surface area contributed by atoms with Gasteiger partial charge >= 0.3 is 0 Å². The molecule has 1 aliphatic heterocycles. The average molecular weight is 313 g/mol. The van der Waals surface area contributed by atoms with E-state index in [1.807, 2.05) is 12.1 Å². The Balaban J connectivity index is 1.89. The van der Waals surface area contributed by atoms with Gasteiger partial charge in [-0.25, -0.2) is 0 Å². The summed E-state index contributed by atoms with van der Waals surface area (Å²) in [6.45, 7) is 2.36. The average Bonchev–Trinajstić information content (AvgIpc) is 2.74. The van der Waals surface area contributed by atoms with Crippen molar-refractivity contribution in [2.45, 2.75) is 44.8 Å². The zero-order valence-corrected chi connectivity index (χ0v) is 12.4. The summed E-state index contributed by atoms with van der Waals surface area (Å²) < 4.78 is 6.93. The summed E-state index contributed by atoms with van der Waals surface area (Å²) in [5.41, 5.74) is 1.27. The maximum atomic E-state index is 9.52. The summed E-state index contributed by atoms with van der Waals surface area (Å²) >= 11 is 3.48. The van der Waals surface area contributed by atoms with Crippen LogP contribution in [-0.4, -0.2) is 23.9 Å². The van der Waals surface area contributed by atoms with Gasteiger partial charge in [0.05, 0.1) is 12.2 Å². The molecule has 0 amide bonds. The number of benzene rings is 1. The standard InChI is InChI=1S/C15H21BrO2/c1-11-5-6-15(18-11)9-13(10-17)7-12-3-2-4-14(16)8-12/h2-4,8,11,13,15,17H,5-7,9-10H2,1H3. The van der Waals surface area contributed by atoms with Crippen LogP contribution < -0.4 is 0 Å². The van der Waals surface area contributed by atoms with Gasteiger partial charge in [-0.05, 0) is 56.2 Å². The van der Waals surface area contributed by atoms with Crippen LogP contribution in [0.1, 0.15) is 31.7 Å². The largest absolute Gasteiger partial charge is 0.396 e. The molecule has 0 spiro atoms. The fraction of sp³-hybridized carbons (Fsp3) is 0.600. The maximum absolute atomic E-state index is 9.52. The van der Waals surface area contributed by atoms with Crippen LogP contribution in [0.5, 0.6) is 0 Å². The van der Waals surface area contributed by atoms with Gasteiger partial charge in [0.1, 0.15) is 0 Å². The number of halogens is 1. The van der Waals surface area contributed by atoms with Gasteiger partial charge in [0.2, 0.25) is 0 Å². The van der Waals surface area contributed by atoms with Crippen LogP contribution in [0.3, 0.4) is 0 Å². The molecule has 1 saturated heterocycles. The number of hydrogen-bond acceptors (Lipinski definition) is 2. The lowest BCUT2D eigenvalue weighted by molar-refractivity contribution is 0.0338. The molecule has 3 atom stereocenters. The quantitative estimate of drug-likeness (QED) is 0.901. The summed E-state index contributed by atoms with van der Waals surface area (Å²) in [5.74, 6) is 0.301. The van der Waals surface area contributed by atoms with Crippen LogP contribution >= 0.6 is 15.9 Å². The molecule has 0 saturated carbocycles. The molecule has 0 aromatic heterocycles. The fourth-order valence-corrected chi connectivity index (χ4v) is 3.10. The summed E-state index contributed by atoms with van der Waals surface area (Å²) in [4.78, 5) is 0. The smallest absolute Gasteiger partial charge is 0.0583 e. The predicted molar refractivity (Wildman–Crippen MR) is 76.6 cm³/mol. The Kier molecular flexibility index (Phi) is 5.22. The van der Waals surface area contributed by atoms with Crippen LogP contribution in [0.2, 0.25) is 0 Å². The summed E-state index contributed by atoms with van der Waals surface area (Å²) in [7, 11) is 0. The van der Waals surface area contributed by atoms with E-state index in [2.05, 4.69) is 35.0 Å². The lowest BCUT2D eigenvalue weighted by Gasteiger charge is -2.19. The highest BCUT2D eigenvalue weighted by molar-refractivity contribution is 9.10. The van der Waals surface area contributed by atoms with Crippen LogP contribution in [-0.2, 0) is 11.2 Å². The highest BCUT2D eigenvalue weighted by Crippen LogP contribution is 2.26. The molecule has 2 rings (SSSR count). The molecule has 1 fully saturated rings. The summed E-state index contributed by atoms with van der Waals surface area (Å²) in [6.07, 6.45) is 4.90. The van der Waals surface area contributed by atoms with Gasteiger partial charge in [0.15, 0.2) is 0 Å². The second-order valence-corrected chi connectivity index (χ2v) is 6.18. The maximum Gasteiger partial charge on any atom is 0.0583 e.